The molecule has 0 unspecified atom stereocenters. The minimum Gasteiger partial charge on any atom is -0.286 e. The molecular formula is C5H8F3O3S. The molecule has 0 amide bonds. The third kappa shape index (κ3) is 9.70. The lowest BCUT2D eigenvalue weighted by molar-refractivity contribution is -0.128. The first-order valence-electron chi connectivity index (χ1n) is 3.04. The SMILES string of the molecule is O=S(=O)(O)CC[CH]CC(F)(F)F. The van der Waals surface area contributed by atoms with Crippen molar-refractivity contribution in [2.45, 2.75) is 19.0 Å². The maximum absolute atomic E-state index is 11.4. The van der Waals surface area contributed by atoms with Gasteiger partial charge in [0.15, 0.2) is 0 Å². The van der Waals surface area contributed by atoms with E-state index in [4.69, 9.17) is 4.55 Å². The van der Waals surface area contributed by atoms with Crippen LogP contribution in [0.25, 0.3) is 0 Å². The maximum Gasteiger partial charge on any atom is 0.389 e. The Bertz CT molecular complexity index is 219. The van der Waals surface area contributed by atoms with E-state index in [1.165, 1.54) is 0 Å². The summed E-state index contributed by atoms with van der Waals surface area (Å²) < 4.78 is 62.4. The Hall–Kier alpha value is -0.300. The first-order chi connectivity index (χ1) is 5.21. The molecule has 0 aliphatic heterocycles. The fourth-order valence-electron chi connectivity index (χ4n) is 0.498. The second kappa shape index (κ2) is 4.08. The predicted molar refractivity (Wildman–Crippen MR) is 36.0 cm³/mol. The largest absolute Gasteiger partial charge is 0.389 e. The van der Waals surface area contributed by atoms with Crippen LogP contribution < -0.4 is 0 Å². The molecule has 1 radical (unpaired) electrons. The van der Waals surface area contributed by atoms with Crippen LogP contribution in [-0.4, -0.2) is 24.9 Å². The molecule has 0 saturated carbocycles. The van der Waals surface area contributed by atoms with Gasteiger partial charge in [-0.2, -0.15) is 21.6 Å². The Morgan fingerprint density at radius 1 is 1.33 bits per heavy atom. The first kappa shape index (κ1) is 11.7. The highest BCUT2D eigenvalue weighted by Gasteiger charge is 2.26. The molecule has 0 atom stereocenters. The van der Waals surface area contributed by atoms with E-state index in [1.54, 1.807) is 0 Å². The van der Waals surface area contributed by atoms with E-state index >= 15 is 0 Å². The van der Waals surface area contributed by atoms with Crippen molar-refractivity contribution in [1.29, 1.82) is 0 Å². The molecule has 0 fully saturated rings. The number of hydrogen-bond donors (Lipinski definition) is 1. The molecule has 73 valence electrons. The topological polar surface area (TPSA) is 54.4 Å². The van der Waals surface area contributed by atoms with Crippen molar-refractivity contribution >= 4 is 10.1 Å². The average Bonchev–Trinajstić information content (AvgIpc) is 1.76. The van der Waals surface area contributed by atoms with Crippen molar-refractivity contribution in [3.8, 4) is 0 Å². The van der Waals surface area contributed by atoms with Crippen molar-refractivity contribution in [3.63, 3.8) is 0 Å². The molecule has 0 aliphatic carbocycles. The summed E-state index contributed by atoms with van der Waals surface area (Å²) in [4.78, 5) is 0. The lowest BCUT2D eigenvalue weighted by Gasteiger charge is -2.03. The summed E-state index contributed by atoms with van der Waals surface area (Å²) >= 11 is 0. The highest BCUT2D eigenvalue weighted by Crippen LogP contribution is 2.21. The van der Waals surface area contributed by atoms with Crippen LogP contribution in [0.4, 0.5) is 13.2 Å². The van der Waals surface area contributed by atoms with Crippen LogP contribution in [0.3, 0.4) is 0 Å². The average molecular weight is 205 g/mol. The van der Waals surface area contributed by atoms with E-state index < -0.39 is 28.5 Å². The van der Waals surface area contributed by atoms with Gasteiger partial charge in [-0.1, -0.05) is 0 Å². The Morgan fingerprint density at radius 2 is 1.83 bits per heavy atom. The van der Waals surface area contributed by atoms with Crippen molar-refractivity contribution in [2.24, 2.45) is 0 Å². The molecule has 3 nitrogen and oxygen atoms in total. The van der Waals surface area contributed by atoms with Gasteiger partial charge in [0.05, 0.1) is 5.75 Å². The third-order valence-electron chi connectivity index (χ3n) is 0.956. The van der Waals surface area contributed by atoms with Crippen LogP contribution in [0.5, 0.6) is 0 Å². The fraction of sp³-hybridized carbons (Fsp3) is 0.800. The lowest BCUT2D eigenvalue weighted by Crippen LogP contribution is -2.09. The second-order valence-electron chi connectivity index (χ2n) is 2.18. The molecule has 0 aliphatic rings. The quantitative estimate of drug-likeness (QED) is 0.557. The number of hydrogen-bond acceptors (Lipinski definition) is 2. The summed E-state index contributed by atoms with van der Waals surface area (Å²) in [5, 5.41) is 0. The normalized spacial score (nSPS) is 13.3. The molecule has 0 aromatic heterocycles. The van der Waals surface area contributed by atoms with Crippen molar-refractivity contribution < 1.29 is 26.1 Å². The monoisotopic (exact) mass is 205 g/mol. The van der Waals surface area contributed by atoms with E-state index in [0.717, 1.165) is 6.42 Å². The molecule has 1 N–H and O–H groups in total. The van der Waals surface area contributed by atoms with Gasteiger partial charge in [-0.05, 0) is 12.8 Å². The maximum atomic E-state index is 11.4. The Labute approximate surface area is 68.3 Å². The van der Waals surface area contributed by atoms with Crippen molar-refractivity contribution in [2.75, 3.05) is 5.75 Å². The Kier molecular flexibility index (Phi) is 3.98. The summed E-state index contributed by atoms with van der Waals surface area (Å²) in [5.41, 5.74) is 0. The van der Waals surface area contributed by atoms with E-state index in [-0.39, 0.29) is 6.42 Å². The highest BCUT2D eigenvalue weighted by atomic mass is 32.2. The fourth-order valence-corrected chi connectivity index (χ4v) is 0.963. The Morgan fingerprint density at radius 3 is 2.17 bits per heavy atom. The molecule has 0 spiro atoms. The van der Waals surface area contributed by atoms with Gasteiger partial charge in [-0.25, -0.2) is 0 Å². The van der Waals surface area contributed by atoms with Gasteiger partial charge in [0.1, 0.15) is 0 Å². The second-order valence-corrected chi connectivity index (χ2v) is 3.75. The van der Waals surface area contributed by atoms with Crippen molar-refractivity contribution in [3.05, 3.63) is 6.42 Å². The first-order valence-corrected chi connectivity index (χ1v) is 4.65. The lowest BCUT2D eigenvalue weighted by atomic mass is 10.2. The van der Waals surface area contributed by atoms with E-state index in [0.29, 0.717) is 0 Å². The molecule has 0 bridgehead atoms. The third-order valence-corrected chi connectivity index (χ3v) is 1.71. The van der Waals surface area contributed by atoms with Gasteiger partial charge >= 0.3 is 6.18 Å². The van der Waals surface area contributed by atoms with Gasteiger partial charge in [0.25, 0.3) is 10.1 Å². The van der Waals surface area contributed by atoms with Gasteiger partial charge in [0.2, 0.25) is 0 Å². The summed E-state index contributed by atoms with van der Waals surface area (Å²) in [5.74, 6) is -0.664. The van der Waals surface area contributed by atoms with Crippen LogP contribution in [0.2, 0.25) is 0 Å². The smallest absolute Gasteiger partial charge is 0.286 e. The summed E-state index contributed by atoms with van der Waals surface area (Å²) in [7, 11) is -4.14. The Balaban J connectivity index is 3.48. The predicted octanol–water partition coefficient (Wildman–Crippen LogP) is 1.42. The van der Waals surface area contributed by atoms with Crippen LogP contribution in [0, 0.1) is 6.42 Å². The van der Waals surface area contributed by atoms with E-state index in [1.807, 2.05) is 0 Å². The van der Waals surface area contributed by atoms with Gasteiger partial charge in [-0.3, -0.25) is 4.55 Å². The molecule has 0 rings (SSSR count). The molecule has 7 heteroatoms. The minimum absolute atomic E-state index is 0.293. The molecular weight excluding hydrogens is 197 g/mol. The van der Waals surface area contributed by atoms with E-state index in [2.05, 4.69) is 0 Å². The number of unbranched alkanes of at least 4 members (excludes halogenated alkanes) is 1. The summed E-state index contributed by atoms with van der Waals surface area (Å²) in [6, 6.07) is 0. The van der Waals surface area contributed by atoms with Crippen LogP contribution in [-0.2, 0) is 10.1 Å². The summed E-state index contributed by atoms with van der Waals surface area (Å²) in [6.45, 7) is 0. The van der Waals surface area contributed by atoms with Gasteiger partial charge in [-0.15, -0.1) is 0 Å². The number of rotatable bonds is 4. The van der Waals surface area contributed by atoms with Gasteiger partial charge in [0, 0.05) is 6.42 Å². The zero-order chi connectivity index (χ0) is 9.83. The molecule has 0 aromatic rings. The molecule has 0 aromatic carbocycles. The molecule has 0 saturated heterocycles. The summed E-state index contributed by atoms with van der Waals surface area (Å²) in [6.07, 6.45) is -4.96. The van der Waals surface area contributed by atoms with Gasteiger partial charge < -0.3 is 0 Å². The van der Waals surface area contributed by atoms with Crippen molar-refractivity contribution in [1.82, 2.24) is 0 Å². The van der Waals surface area contributed by atoms with Crippen LogP contribution in [0.15, 0.2) is 0 Å². The standard InChI is InChI=1S/C5H8F3O3S/c6-5(7,8)3-1-2-4-12(9,10)11/h1H,2-4H2,(H,9,10,11). The molecule has 0 heterocycles. The zero-order valence-corrected chi connectivity index (χ0v) is 6.82. The number of halogens is 3. The van der Waals surface area contributed by atoms with Crippen LogP contribution >= 0.6 is 0 Å². The van der Waals surface area contributed by atoms with E-state index in [9.17, 15) is 21.6 Å². The highest BCUT2D eigenvalue weighted by molar-refractivity contribution is 7.85. The number of alkyl halides is 3. The van der Waals surface area contributed by atoms with Crippen LogP contribution in [0.1, 0.15) is 12.8 Å². The zero-order valence-electron chi connectivity index (χ0n) is 6.00. The molecule has 12 heavy (non-hydrogen) atoms. The minimum atomic E-state index is -4.31.